The molecule has 87 heavy (non-hydrogen) atoms. The van der Waals surface area contributed by atoms with Crippen molar-refractivity contribution in [1.29, 1.82) is 0 Å². The van der Waals surface area contributed by atoms with Gasteiger partial charge in [0.2, 0.25) is 18.2 Å². The van der Waals surface area contributed by atoms with Crippen LogP contribution < -0.4 is 19.9 Å². The molecule has 10 heterocycles. The van der Waals surface area contributed by atoms with E-state index in [-0.39, 0.29) is 58.1 Å². The molecular formula is C68H80F2N10O7. The number of pyridine rings is 1. The molecule has 3 amide bonds. The van der Waals surface area contributed by atoms with Crippen molar-refractivity contribution in [2.45, 2.75) is 133 Å². The number of fused-ring (bicyclic) bond motifs is 6. The van der Waals surface area contributed by atoms with Gasteiger partial charge in [0.15, 0.2) is 5.82 Å². The van der Waals surface area contributed by atoms with Gasteiger partial charge in [-0.2, -0.15) is 15.1 Å². The number of aromatic hydroxyl groups is 1. The third-order valence-electron chi connectivity index (χ3n) is 20.4. The topological polar surface area (TPSA) is 181 Å². The van der Waals surface area contributed by atoms with Gasteiger partial charge in [-0.3, -0.25) is 29.3 Å². The number of amides is 3. The third kappa shape index (κ3) is 11.1. The Morgan fingerprint density at radius 1 is 0.828 bits per heavy atom. The van der Waals surface area contributed by atoms with Crippen molar-refractivity contribution in [3.05, 3.63) is 106 Å². The zero-order valence-electron chi connectivity index (χ0n) is 50.6. The van der Waals surface area contributed by atoms with Gasteiger partial charge in [-0.05, 0) is 190 Å². The molecule has 6 fully saturated rings. The highest BCUT2D eigenvalue weighted by molar-refractivity contribution is 6.04. The molecule has 6 saturated heterocycles. The van der Waals surface area contributed by atoms with Crippen molar-refractivity contribution in [2.24, 2.45) is 12.5 Å². The number of aryl methyl sites for hydroxylation is 3. The minimum absolute atomic E-state index is 0.0143. The summed E-state index contributed by atoms with van der Waals surface area (Å²) in [6.07, 6.45) is 15.7. The summed E-state index contributed by atoms with van der Waals surface area (Å²) in [5.41, 5.74) is 9.55. The lowest BCUT2D eigenvalue weighted by Crippen LogP contribution is -2.43. The third-order valence-corrected chi connectivity index (χ3v) is 20.4. The second-order valence-electron chi connectivity index (χ2n) is 25.7. The number of carbonyl (C=O) groups is 3. The molecule has 1 spiro atoms. The molecular weight excluding hydrogens is 1110 g/mol. The number of phenols is 1. The van der Waals surface area contributed by atoms with Gasteiger partial charge < -0.3 is 34.0 Å². The van der Waals surface area contributed by atoms with Crippen LogP contribution in [0.1, 0.15) is 129 Å². The maximum Gasteiger partial charge on any atom is 0.319 e. The highest BCUT2D eigenvalue weighted by Gasteiger charge is 2.46. The highest BCUT2D eigenvalue weighted by atomic mass is 19.1. The molecule has 17 nitrogen and oxygen atoms in total. The number of anilines is 2. The molecule has 15 rings (SSSR count). The number of hydrogen-bond acceptors (Lipinski definition) is 14. The van der Waals surface area contributed by atoms with Gasteiger partial charge in [0.25, 0.3) is 0 Å². The van der Waals surface area contributed by atoms with Crippen LogP contribution in [0, 0.1) is 17.0 Å². The number of methoxy groups -OCH3 is 1. The van der Waals surface area contributed by atoms with Crippen LogP contribution in [-0.2, 0) is 56.6 Å². The summed E-state index contributed by atoms with van der Waals surface area (Å²) < 4.78 is 50.5. The van der Waals surface area contributed by atoms with Crippen LogP contribution in [0.4, 0.5) is 20.3 Å². The normalized spacial score (nSPS) is 21.6. The molecule has 0 saturated carbocycles. The maximum atomic E-state index is 17.0. The van der Waals surface area contributed by atoms with Gasteiger partial charge in [-0.15, -0.1) is 0 Å². The average Bonchev–Trinajstić information content (AvgIpc) is 1.59. The van der Waals surface area contributed by atoms with E-state index in [1.54, 1.807) is 26.4 Å². The molecule has 2 unspecified atom stereocenters. The Bertz CT molecular complexity index is 3770. The number of rotatable bonds is 9. The quantitative estimate of drug-likeness (QED) is 0.103. The van der Waals surface area contributed by atoms with Crippen LogP contribution in [0.5, 0.6) is 11.8 Å². The fraction of sp³-hybridized carbons (Fsp3) is 0.515. The van der Waals surface area contributed by atoms with Crippen molar-refractivity contribution in [3.8, 4) is 23.0 Å². The van der Waals surface area contributed by atoms with E-state index in [0.29, 0.717) is 95.6 Å². The average molecular weight is 1190 g/mol. The number of halogens is 2. The van der Waals surface area contributed by atoms with Crippen LogP contribution in [0.3, 0.4) is 0 Å². The number of imide groups is 1. The first-order chi connectivity index (χ1) is 42.3. The van der Waals surface area contributed by atoms with Crippen molar-refractivity contribution in [2.75, 3.05) is 89.7 Å². The zero-order chi connectivity index (χ0) is 60.1. The summed E-state index contributed by atoms with van der Waals surface area (Å²) in [5, 5.41) is 20.6. The second kappa shape index (κ2) is 24.3. The monoisotopic (exact) mass is 1190 g/mol. The number of likely N-dealkylation sites (tertiary alicyclic amines) is 1. The molecule has 2 N–H and O–H groups in total. The van der Waals surface area contributed by atoms with E-state index >= 15 is 8.78 Å². The number of benzene rings is 4. The number of ether oxygens (including phenoxy) is 3. The molecule has 8 aliphatic rings. The smallest absolute Gasteiger partial charge is 0.319 e. The Morgan fingerprint density at radius 2 is 1.61 bits per heavy atom. The van der Waals surface area contributed by atoms with Crippen molar-refractivity contribution >= 4 is 62.3 Å². The van der Waals surface area contributed by atoms with Gasteiger partial charge in [0.1, 0.15) is 35.2 Å². The van der Waals surface area contributed by atoms with E-state index < -0.39 is 5.82 Å². The molecule has 4 aromatic carbocycles. The largest absolute Gasteiger partial charge is 0.508 e. The van der Waals surface area contributed by atoms with E-state index in [0.717, 1.165) is 146 Å². The lowest BCUT2D eigenvalue weighted by Gasteiger charge is -2.37. The van der Waals surface area contributed by atoms with E-state index in [1.807, 2.05) is 23.6 Å². The number of aromatic nitrogens is 5. The minimum Gasteiger partial charge on any atom is -0.508 e. The Kier molecular flexibility index (Phi) is 16.4. The summed E-state index contributed by atoms with van der Waals surface area (Å²) in [5.74, 6) is -0.640. The van der Waals surface area contributed by atoms with E-state index in [9.17, 15) is 19.5 Å². The van der Waals surface area contributed by atoms with Gasteiger partial charge in [0, 0.05) is 83.7 Å². The van der Waals surface area contributed by atoms with Gasteiger partial charge >= 0.3 is 6.01 Å². The summed E-state index contributed by atoms with van der Waals surface area (Å²) in [6.45, 7) is 10.3. The second-order valence-corrected chi connectivity index (χ2v) is 25.7. The van der Waals surface area contributed by atoms with Gasteiger partial charge in [0.05, 0.1) is 46.4 Å². The standard InChI is InChI=1S/C34H37F2N5O3.C32H37N5O3.C2H6O/c1-2-23-25(35)8-6-20-16-22(42)17-24(27(20)23)30-29(36)31-28-26(37-30)9-7-21-18-43-15-5-14-41(21)32(28)39-33(38-31)44-19-34-10-3-12-40(34)13-4-11-34;1-35-28-17-25(4-5-26(28)30(34-35)27-6-7-29(39)33-31(27)40)37-12-8-21(9-13-37)22-2-3-23-18-32(19-24(23)16-22)10-14-36(20-38)15-11-32;1-3-2/h6,8,16-17,21,42H,2-5,7,9-15,18-19H2,1H3;2-5,16-17,20-21,27H,6-15,18-19H2,1H3,(H,33,39,40);1-2H3. The SMILES string of the molecule is CCc1c(F)ccc2cc(O)cc(-c3nc4c5c(nc(OCC67CCCN6CCC7)nc5c3F)N3CCCOCC3CC4)c12.COC.Cn1nc(C2CCC(=O)NC2=O)c2ccc(N3CCC(c4ccc5c(c4)CC4(CCN(C=O)CC4)C5)CC3)cc21. The Hall–Kier alpha value is -7.35. The number of nitrogens with zero attached hydrogens (tertiary/aromatic N) is 9. The molecule has 3 aromatic heterocycles. The lowest BCUT2D eigenvalue weighted by atomic mass is 9.76. The number of carbonyl (C=O) groups excluding carboxylic acids is 3. The molecule has 0 radical (unpaired) electrons. The number of nitrogens with one attached hydrogen (secondary N) is 1. The first-order valence-electron chi connectivity index (χ1n) is 31.6. The predicted octanol–water partition coefficient (Wildman–Crippen LogP) is 10.0. The molecule has 458 valence electrons. The first-order valence-corrected chi connectivity index (χ1v) is 31.6. The molecule has 7 aliphatic heterocycles. The first kappa shape index (κ1) is 58.7. The van der Waals surface area contributed by atoms with Crippen LogP contribution in [0.15, 0.2) is 60.7 Å². The van der Waals surface area contributed by atoms with Gasteiger partial charge in [-0.1, -0.05) is 31.2 Å². The zero-order valence-corrected chi connectivity index (χ0v) is 50.6. The predicted molar refractivity (Wildman–Crippen MR) is 331 cm³/mol. The summed E-state index contributed by atoms with van der Waals surface area (Å²) in [7, 11) is 5.18. The number of piperidine rings is 3. The maximum absolute atomic E-state index is 17.0. The summed E-state index contributed by atoms with van der Waals surface area (Å²) >= 11 is 0. The van der Waals surface area contributed by atoms with Gasteiger partial charge in [-0.25, -0.2) is 13.8 Å². The minimum atomic E-state index is -0.624. The van der Waals surface area contributed by atoms with Crippen molar-refractivity contribution in [3.63, 3.8) is 0 Å². The highest BCUT2D eigenvalue weighted by Crippen LogP contribution is 2.47. The van der Waals surface area contributed by atoms with Crippen LogP contribution >= 0.6 is 0 Å². The van der Waals surface area contributed by atoms with E-state index in [2.05, 4.69) is 61.2 Å². The molecule has 2 atom stereocenters. The van der Waals surface area contributed by atoms with Crippen LogP contribution in [0.2, 0.25) is 0 Å². The van der Waals surface area contributed by atoms with Crippen molar-refractivity contribution in [1.82, 2.24) is 39.8 Å². The molecule has 7 aromatic rings. The van der Waals surface area contributed by atoms with E-state index in [4.69, 9.17) is 29.5 Å². The Morgan fingerprint density at radius 3 is 2.37 bits per heavy atom. The van der Waals surface area contributed by atoms with Crippen molar-refractivity contribution < 1.29 is 42.5 Å². The fourth-order valence-corrected chi connectivity index (χ4v) is 15.9. The Labute approximate surface area is 506 Å². The number of hydrogen-bond donors (Lipinski definition) is 2. The van der Waals surface area contributed by atoms with E-state index in [1.165, 1.54) is 34.5 Å². The molecule has 19 heteroatoms. The van der Waals surface area contributed by atoms with Crippen LogP contribution in [-0.4, -0.2) is 149 Å². The van der Waals surface area contributed by atoms with Crippen LogP contribution in [0.25, 0.3) is 43.8 Å². The Balaban J connectivity index is 0.000000155. The molecule has 0 bridgehead atoms. The lowest BCUT2D eigenvalue weighted by molar-refractivity contribution is -0.134. The fourth-order valence-electron chi connectivity index (χ4n) is 15.9. The summed E-state index contributed by atoms with van der Waals surface area (Å²) in [4.78, 5) is 59.0. The number of phenolic OH excluding ortho intramolecular Hbond substituents is 1. The molecule has 1 aliphatic carbocycles. The summed E-state index contributed by atoms with van der Waals surface area (Å²) in [6, 6.07) is 20.0.